The smallest absolute Gasteiger partial charge is 0.323 e. The monoisotopic (exact) mass is 633 g/mol. The van der Waals surface area contributed by atoms with Gasteiger partial charge in [-0.25, -0.2) is 4.79 Å². The zero-order valence-corrected chi connectivity index (χ0v) is 26.6. The molecule has 3 unspecified atom stereocenters. The lowest BCUT2D eigenvalue weighted by atomic mass is 9.99. The van der Waals surface area contributed by atoms with Gasteiger partial charge in [-0.2, -0.15) is 0 Å². The molecule has 1 heterocycles. The number of anilines is 2. The molecule has 1 saturated heterocycles. The minimum absolute atomic E-state index is 0.00642. The fraction of sp³-hybridized carbons (Fsp3) is 0.308. The Hall–Kier alpha value is -4.47. The minimum atomic E-state index is -0.565. The highest BCUT2D eigenvalue weighted by atomic mass is 16.7. The van der Waals surface area contributed by atoms with E-state index in [1.54, 1.807) is 12.1 Å². The van der Waals surface area contributed by atoms with Gasteiger partial charge in [0.25, 0.3) is 0 Å². The number of carbonyl (C=O) groups is 1. The minimum Gasteiger partial charge on any atom is -0.457 e. The number of benzene rings is 4. The van der Waals surface area contributed by atoms with Gasteiger partial charge in [0.15, 0.2) is 6.29 Å². The Labute approximate surface area is 277 Å². The average Bonchev–Trinajstić information content (AvgIpc) is 3.65. The van der Waals surface area contributed by atoms with E-state index in [1.165, 1.54) is 25.7 Å². The van der Waals surface area contributed by atoms with Crippen molar-refractivity contribution in [2.24, 2.45) is 0 Å². The van der Waals surface area contributed by atoms with Crippen LogP contribution in [0.1, 0.15) is 61.2 Å². The van der Waals surface area contributed by atoms with Gasteiger partial charge >= 0.3 is 6.03 Å². The normalized spacial score (nSPS) is 19.7. The molecule has 2 aliphatic rings. The first-order valence-corrected chi connectivity index (χ1v) is 16.4. The van der Waals surface area contributed by atoms with E-state index in [0.29, 0.717) is 23.2 Å². The summed E-state index contributed by atoms with van der Waals surface area (Å²) >= 11 is 0. The highest BCUT2D eigenvalue weighted by Gasteiger charge is 2.34. The third-order valence-electron chi connectivity index (χ3n) is 8.79. The van der Waals surface area contributed by atoms with Gasteiger partial charge in [0, 0.05) is 42.5 Å². The van der Waals surface area contributed by atoms with E-state index in [2.05, 4.69) is 22.1 Å². The van der Waals surface area contributed by atoms with Crippen molar-refractivity contribution in [3.63, 3.8) is 0 Å². The Morgan fingerprint density at radius 2 is 1.45 bits per heavy atom. The van der Waals surface area contributed by atoms with E-state index in [0.717, 1.165) is 42.0 Å². The first-order valence-electron chi connectivity index (χ1n) is 16.4. The first kappa shape index (κ1) is 32.5. The summed E-state index contributed by atoms with van der Waals surface area (Å²) < 4.78 is 19.0. The molecule has 0 bridgehead atoms. The Morgan fingerprint density at radius 3 is 2.09 bits per heavy atom. The molecule has 47 heavy (non-hydrogen) atoms. The number of ether oxygens (including phenoxy) is 3. The fourth-order valence-corrected chi connectivity index (χ4v) is 6.35. The number of nitrogens with zero attached hydrogens (tertiary/aromatic N) is 1. The molecule has 1 saturated carbocycles. The van der Waals surface area contributed by atoms with E-state index >= 15 is 0 Å². The van der Waals surface area contributed by atoms with Crippen LogP contribution in [0, 0.1) is 0 Å². The molecule has 6 rings (SSSR count). The van der Waals surface area contributed by atoms with Crippen LogP contribution in [0.4, 0.5) is 16.2 Å². The number of aliphatic hydroxyl groups excluding tert-OH is 1. The molecule has 8 heteroatoms. The van der Waals surface area contributed by atoms with Crippen LogP contribution in [0.2, 0.25) is 0 Å². The third-order valence-corrected chi connectivity index (χ3v) is 8.79. The van der Waals surface area contributed by atoms with Crippen molar-refractivity contribution in [2.45, 2.75) is 63.3 Å². The summed E-state index contributed by atoms with van der Waals surface area (Å²) in [6, 6.07) is 32.5. The molecule has 4 aromatic carbocycles. The second-order valence-electron chi connectivity index (χ2n) is 12.2. The van der Waals surface area contributed by atoms with E-state index in [-0.39, 0.29) is 24.8 Å². The molecule has 244 valence electrons. The number of carbonyl (C=O) groups excluding carboxylic acids is 1. The first-order chi connectivity index (χ1) is 23.1. The van der Waals surface area contributed by atoms with Crippen LogP contribution in [-0.2, 0) is 16.1 Å². The number of aliphatic hydroxyl groups is 1. The van der Waals surface area contributed by atoms with Crippen molar-refractivity contribution in [1.82, 2.24) is 4.90 Å². The van der Waals surface area contributed by atoms with Crippen molar-refractivity contribution >= 4 is 17.4 Å². The molecular formula is C39H43N3O5. The van der Waals surface area contributed by atoms with E-state index < -0.39 is 6.29 Å². The van der Waals surface area contributed by atoms with E-state index in [9.17, 15) is 9.90 Å². The fourth-order valence-electron chi connectivity index (χ4n) is 6.35. The molecule has 2 amide bonds. The van der Waals surface area contributed by atoms with Crippen molar-refractivity contribution in [2.75, 3.05) is 23.7 Å². The number of amides is 2. The Balaban J connectivity index is 1.10. The van der Waals surface area contributed by atoms with Gasteiger partial charge in [0.05, 0.1) is 18.8 Å². The SMILES string of the molecule is C=CCN(CC1CC(c2ccc(CO)cc2)OC(c2ccc(NC(=O)Nc3ccc(Oc4ccccc4)cc3)cc2)O1)C1CCCC1. The highest BCUT2D eigenvalue weighted by molar-refractivity contribution is 5.99. The molecule has 1 aliphatic heterocycles. The zero-order chi connectivity index (χ0) is 32.4. The number of rotatable bonds is 12. The van der Waals surface area contributed by atoms with Crippen molar-refractivity contribution in [1.29, 1.82) is 0 Å². The van der Waals surface area contributed by atoms with Crippen molar-refractivity contribution in [3.8, 4) is 11.5 Å². The predicted molar refractivity (Wildman–Crippen MR) is 184 cm³/mol. The van der Waals surface area contributed by atoms with Gasteiger partial charge in [-0.05, 0) is 72.5 Å². The maximum atomic E-state index is 12.8. The van der Waals surface area contributed by atoms with Crippen LogP contribution in [0.3, 0.4) is 0 Å². The average molecular weight is 634 g/mol. The summed E-state index contributed by atoms with van der Waals surface area (Å²) in [7, 11) is 0. The molecule has 1 aliphatic carbocycles. The van der Waals surface area contributed by atoms with Gasteiger partial charge in [-0.1, -0.05) is 73.5 Å². The molecule has 3 atom stereocenters. The topological polar surface area (TPSA) is 92.3 Å². The Bertz CT molecular complexity index is 1570. The van der Waals surface area contributed by atoms with Gasteiger partial charge in [0.2, 0.25) is 0 Å². The number of hydrogen-bond acceptors (Lipinski definition) is 6. The Kier molecular flexibility index (Phi) is 11.0. The van der Waals surface area contributed by atoms with E-state index in [1.807, 2.05) is 97.1 Å². The molecular weight excluding hydrogens is 590 g/mol. The standard InChI is InChI=1S/C39H43N3O5/c1-2-24-42(33-8-6-7-9-33)26-36-25-37(29-14-12-28(27-43)13-15-29)47-38(46-36)30-16-18-31(19-17-30)40-39(44)41-32-20-22-35(23-21-32)45-34-10-4-3-5-11-34/h2-5,10-23,33,36-38,43H,1,6-9,24-27H2,(H2,40,41,44). The van der Waals surface area contributed by atoms with Crippen LogP contribution in [0.15, 0.2) is 116 Å². The lowest BCUT2D eigenvalue weighted by Gasteiger charge is -2.39. The van der Waals surface area contributed by atoms with Crippen LogP contribution >= 0.6 is 0 Å². The third kappa shape index (κ3) is 8.87. The molecule has 8 nitrogen and oxygen atoms in total. The van der Waals surface area contributed by atoms with Crippen LogP contribution < -0.4 is 15.4 Å². The number of nitrogens with one attached hydrogen (secondary N) is 2. The summed E-state index contributed by atoms with van der Waals surface area (Å²) in [5, 5.41) is 15.3. The summed E-state index contributed by atoms with van der Waals surface area (Å²) in [4.78, 5) is 15.3. The zero-order valence-electron chi connectivity index (χ0n) is 26.6. The Morgan fingerprint density at radius 1 is 0.830 bits per heavy atom. The van der Waals surface area contributed by atoms with Crippen LogP contribution in [0.5, 0.6) is 11.5 Å². The summed E-state index contributed by atoms with van der Waals surface area (Å²) in [5.41, 5.74) is 4.11. The summed E-state index contributed by atoms with van der Waals surface area (Å²) in [6.07, 6.45) is 6.91. The quantitative estimate of drug-likeness (QED) is 0.135. The second-order valence-corrected chi connectivity index (χ2v) is 12.2. The van der Waals surface area contributed by atoms with Crippen LogP contribution in [0.25, 0.3) is 0 Å². The molecule has 3 N–H and O–H groups in total. The highest BCUT2D eigenvalue weighted by Crippen LogP contribution is 2.39. The van der Waals surface area contributed by atoms with Crippen molar-refractivity contribution < 1.29 is 24.1 Å². The second kappa shape index (κ2) is 15.9. The van der Waals surface area contributed by atoms with Crippen LogP contribution in [-0.4, -0.2) is 41.3 Å². The molecule has 0 spiro atoms. The van der Waals surface area contributed by atoms with Gasteiger partial charge < -0.3 is 30.0 Å². The van der Waals surface area contributed by atoms with Gasteiger partial charge in [-0.15, -0.1) is 6.58 Å². The lowest BCUT2D eigenvalue weighted by molar-refractivity contribution is -0.253. The summed E-state index contributed by atoms with van der Waals surface area (Å²) in [6.45, 7) is 5.65. The molecule has 2 fully saturated rings. The number of para-hydroxylation sites is 1. The predicted octanol–water partition coefficient (Wildman–Crippen LogP) is 8.59. The molecule has 0 radical (unpaired) electrons. The largest absolute Gasteiger partial charge is 0.457 e. The number of hydrogen-bond donors (Lipinski definition) is 3. The molecule has 4 aromatic rings. The number of urea groups is 1. The lowest BCUT2D eigenvalue weighted by Crippen LogP contribution is -2.43. The molecule has 0 aromatic heterocycles. The van der Waals surface area contributed by atoms with Gasteiger partial charge in [-0.3, -0.25) is 4.90 Å². The summed E-state index contributed by atoms with van der Waals surface area (Å²) in [5.74, 6) is 1.43. The maximum absolute atomic E-state index is 12.8. The van der Waals surface area contributed by atoms with Crippen molar-refractivity contribution in [3.05, 3.63) is 132 Å². The van der Waals surface area contributed by atoms with E-state index in [4.69, 9.17) is 14.2 Å². The maximum Gasteiger partial charge on any atom is 0.323 e. The van der Waals surface area contributed by atoms with Gasteiger partial charge in [0.1, 0.15) is 11.5 Å².